The SMILES string of the molecule is CCN1CCN(c2ccnc(C(C)O)n2)CC1C. The number of anilines is 1. The zero-order valence-electron chi connectivity index (χ0n) is 11.4. The van der Waals surface area contributed by atoms with Crippen molar-refractivity contribution in [1.82, 2.24) is 14.9 Å². The second-order valence-electron chi connectivity index (χ2n) is 4.87. The van der Waals surface area contributed by atoms with Crippen molar-refractivity contribution in [3.05, 3.63) is 18.1 Å². The third-order valence-corrected chi connectivity index (χ3v) is 3.53. The number of aliphatic hydroxyl groups excluding tert-OH is 1. The third-order valence-electron chi connectivity index (χ3n) is 3.53. The van der Waals surface area contributed by atoms with E-state index in [2.05, 4.69) is 33.6 Å². The first kappa shape index (κ1) is 13.2. The highest BCUT2D eigenvalue weighted by Crippen LogP contribution is 2.18. The number of likely N-dealkylation sites (N-methyl/N-ethyl adjacent to an activating group) is 1. The van der Waals surface area contributed by atoms with Crippen LogP contribution in [0.5, 0.6) is 0 Å². The summed E-state index contributed by atoms with van der Waals surface area (Å²) in [6.07, 6.45) is 1.11. The Hall–Kier alpha value is -1.20. The smallest absolute Gasteiger partial charge is 0.158 e. The van der Waals surface area contributed by atoms with Crippen molar-refractivity contribution in [2.45, 2.75) is 32.9 Å². The minimum Gasteiger partial charge on any atom is -0.385 e. The fourth-order valence-electron chi connectivity index (χ4n) is 2.41. The molecule has 0 aliphatic carbocycles. The zero-order valence-corrected chi connectivity index (χ0v) is 11.4. The van der Waals surface area contributed by atoms with Gasteiger partial charge in [0.25, 0.3) is 0 Å². The number of nitrogens with zero attached hydrogens (tertiary/aromatic N) is 4. The average Bonchev–Trinajstić information content (AvgIpc) is 2.38. The maximum Gasteiger partial charge on any atom is 0.158 e. The van der Waals surface area contributed by atoms with E-state index in [1.54, 1.807) is 13.1 Å². The summed E-state index contributed by atoms with van der Waals surface area (Å²) in [7, 11) is 0. The van der Waals surface area contributed by atoms with Gasteiger partial charge in [0.2, 0.25) is 0 Å². The first-order valence-corrected chi connectivity index (χ1v) is 6.61. The van der Waals surface area contributed by atoms with E-state index in [0.29, 0.717) is 11.9 Å². The molecule has 1 aromatic rings. The van der Waals surface area contributed by atoms with E-state index >= 15 is 0 Å². The standard InChI is InChI=1S/C13H22N4O/c1-4-16-7-8-17(9-10(16)2)12-5-6-14-13(15-12)11(3)18/h5-6,10-11,18H,4,7-9H2,1-3H3. The van der Waals surface area contributed by atoms with Crippen molar-refractivity contribution in [1.29, 1.82) is 0 Å². The Balaban J connectivity index is 2.10. The van der Waals surface area contributed by atoms with Crippen LogP contribution in [-0.4, -0.2) is 52.2 Å². The molecule has 0 saturated carbocycles. The van der Waals surface area contributed by atoms with Gasteiger partial charge in [-0.2, -0.15) is 0 Å². The van der Waals surface area contributed by atoms with Crippen LogP contribution in [0, 0.1) is 0 Å². The van der Waals surface area contributed by atoms with Crippen LogP contribution in [0.1, 0.15) is 32.7 Å². The highest BCUT2D eigenvalue weighted by Gasteiger charge is 2.23. The lowest BCUT2D eigenvalue weighted by molar-refractivity contribution is 0.187. The minimum absolute atomic E-state index is 0.498. The van der Waals surface area contributed by atoms with E-state index in [1.165, 1.54) is 0 Å². The van der Waals surface area contributed by atoms with Gasteiger partial charge in [-0.15, -0.1) is 0 Å². The molecule has 1 aliphatic rings. The van der Waals surface area contributed by atoms with E-state index in [-0.39, 0.29) is 0 Å². The normalized spacial score (nSPS) is 23.1. The molecule has 0 amide bonds. The highest BCUT2D eigenvalue weighted by molar-refractivity contribution is 5.38. The lowest BCUT2D eigenvalue weighted by atomic mass is 10.2. The number of aromatic nitrogens is 2. The molecule has 1 aromatic heterocycles. The van der Waals surface area contributed by atoms with Crippen LogP contribution in [0.15, 0.2) is 12.3 Å². The molecular formula is C13H22N4O. The Labute approximate surface area is 108 Å². The van der Waals surface area contributed by atoms with Gasteiger partial charge in [-0.05, 0) is 26.5 Å². The summed E-state index contributed by atoms with van der Waals surface area (Å²) in [6, 6.07) is 2.45. The molecule has 5 nitrogen and oxygen atoms in total. The lowest BCUT2D eigenvalue weighted by Crippen LogP contribution is -2.52. The molecule has 2 unspecified atom stereocenters. The first-order chi connectivity index (χ1) is 8.61. The van der Waals surface area contributed by atoms with Gasteiger partial charge in [0.05, 0.1) is 0 Å². The summed E-state index contributed by atoms with van der Waals surface area (Å²) in [4.78, 5) is 13.2. The molecule has 0 radical (unpaired) electrons. The van der Waals surface area contributed by atoms with Gasteiger partial charge in [-0.3, -0.25) is 4.90 Å². The van der Waals surface area contributed by atoms with Crippen LogP contribution in [0.25, 0.3) is 0 Å². The molecule has 1 aliphatic heterocycles. The Kier molecular flexibility index (Phi) is 4.14. The van der Waals surface area contributed by atoms with Crippen molar-refractivity contribution in [2.75, 3.05) is 31.1 Å². The zero-order chi connectivity index (χ0) is 13.1. The molecule has 1 saturated heterocycles. The lowest BCUT2D eigenvalue weighted by Gasteiger charge is -2.39. The number of piperazine rings is 1. The van der Waals surface area contributed by atoms with Gasteiger partial charge in [0.1, 0.15) is 11.9 Å². The molecule has 0 bridgehead atoms. The quantitative estimate of drug-likeness (QED) is 0.869. The summed E-state index contributed by atoms with van der Waals surface area (Å²) in [5.41, 5.74) is 0. The number of hydrogen-bond donors (Lipinski definition) is 1. The summed E-state index contributed by atoms with van der Waals surface area (Å²) in [6.45, 7) is 10.2. The summed E-state index contributed by atoms with van der Waals surface area (Å²) < 4.78 is 0. The molecule has 100 valence electrons. The van der Waals surface area contributed by atoms with Gasteiger partial charge >= 0.3 is 0 Å². The van der Waals surface area contributed by atoms with Gasteiger partial charge in [0.15, 0.2) is 5.82 Å². The molecule has 2 heterocycles. The monoisotopic (exact) mass is 250 g/mol. The van der Waals surface area contributed by atoms with Crippen molar-refractivity contribution in [3.8, 4) is 0 Å². The van der Waals surface area contributed by atoms with Crippen LogP contribution >= 0.6 is 0 Å². The van der Waals surface area contributed by atoms with Gasteiger partial charge in [0, 0.05) is 31.9 Å². The molecule has 0 aromatic carbocycles. The molecule has 18 heavy (non-hydrogen) atoms. The number of rotatable bonds is 3. The second-order valence-corrected chi connectivity index (χ2v) is 4.87. The molecule has 1 N–H and O–H groups in total. The molecule has 0 spiro atoms. The van der Waals surface area contributed by atoms with E-state index in [0.717, 1.165) is 32.0 Å². The predicted molar refractivity (Wildman–Crippen MR) is 71.6 cm³/mol. The van der Waals surface area contributed by atoms with Crippen LogP contribution in [0.3, 0.4) is 0 Å². The Morgan fingerprint density at radius 3 is 2.89 bits per heavy atom. The molecule has 2 atom stereocenters. The topological polar surface area (TPSA) is 52.5 Å². The second kappa shape index (κ2) is 5.63. The Morgan fingerprint density at radius 1 is 1.50 bits per heavy atom. The van der Waals surface area contributed by atoms with Crippen LogP contribution < -0.4 is 4.90 Å². The van der Waals surface area contributed by atoms with E-state index < -0.39 is 6.10 Å². The van der Waals surface area contributed by atoms with Gasteiger partial charge in [-0.1, -0.05) is 6.92 Å². The van der Waals surface area contributed by atoms with Crippen molar-refractivity contribution in [3.63, 3.8) is 0 Å². The predicted octanol–water partition coefficient (Wildman–Crippen LogP) is 1.06. The van der Waals surface area contributed by atoms with Crippen LogP contribution in [0.4, 0.5) is 5.82 Å². The number of aliphatic hydroxyl groups is 1. The Morgan fingerprint density at radius 2 is 2.28 bits per heavy atom. The molecule has 2 rings (SSSR count). The van der Waals surface area contributed by atoms with E-state index in [4.69, 9.17) is 0 Å². The van der Waals surface area contributed by atoms with Crippen LogP contribution in [0.2, 0.25) is 0 Å². The first-order valence-electron chi connectivity index (χ1n) is 6.61. The molecular weight excluding hydrogens is 228 g/mol. The van der Waals surface area contributed by atoms with Gasteiger partial charge < -0.3 is 10.0 Å². The minimum atomic E-state index is -0.612. The van der Waals surface area contributed by atoms with Crippen molar-refractivity contribution >= 4 is 5.82 Å². The summed E-state index contributed by atoms with van der Waals surface area (Å²) in [5.74, 6) is 1.42. The van der Waals surface area contributed by atoms with Crippen molar-refractivity contribution in [2.24, 2.45) is 0 Å². The van der Waals surface area contributed by atoms with Crippen molar-refractivity contribution < 1.29 is 5.11 Å². The Bertz CT molecular complexity index is 396. The molecule has 5 heteroatoms. The molecule has 1 fully saturated rings. The third kappa shape index (κ3) is 2.79. The summed E-state index contributed by atoms with van der Waals surface area (Å²) >= 11 is 0. The largest absolute Gasteiger partial charge is 0.385 e. The van der Waals surface area contributed by atoms with Gasteiger partial charge in [-0.25, -0.2) is 9.97 Å². The average molecular weight is 250 g/mol. The maximum atomic E-state index is 9.53. The van der Waals surface area contributed by atoms with E-state index in [9.17, 15) is 5.11 Å². The fourth-order valence-corrected chi connectivity index (χ4v) is 2.41. The summed E-state index contributed by atoms with van der Waals surface area (Å²) in [5, 5.41) is 9.53. The maximum absolute atomic E-state index is 9.53. The van der Waals surface area contributed by atoms with E-state index in [1.807, 2.05) is 6.07 Å². The highest BCUT2D eigenvalue weighted by atomic mass is 16.3. The number of hydrogen-bond acceptors (Lipinski definition) is 5. The fraction of sp³-hybridized carbons (Fsp3) is 0.692. The van der Waals surface area contributed by atoms with Crippen LogP contribution in [-0.2, 0) is 0 Å².